The summed E-state index contributed by atoms with van der Waals surface area (Å²) in [5, 5.41) is 4.62. The number of ether oxygens (including phenoxy) is 2. The summed E-state index contributed by atoms with van der Waals surface area (Å²) in [6.45, 7) is 0.272. The van der Waals surface area contributed by atoms with E-state index in [0.29, 0.717) is 27.3 Å². The van der Waals surface area contributed by atoms with Crippen molar-refractivity contribution in [3.63, 3.8) is 0 Å². The summed E-state index contributed by atoms with van der Waals surface area (Å²) in [6.07, 6.45) is 2.56. The Morgan fingerprint density at radius 1 is 1.14 bits per heavy atom. The molecule has 0 atom stereocenters. The van der Waals surface area contributed by atoms with E-state index >= 15 is 0 Å². The Hall–Kier alpha value is -2.28. The third kappa shape index (κ3) is 5.86. The number of thiazole rings is 1. The molecule has 3 rings (SSSR count). The molecule has 0 fully saturated rings. The van der Waals surface area contributed by atoms with E-state index in [1.54, 1.807) is 49.7 Å². The van der Waals surface area contributed by atoms with E-state index in [4.69, 9.17) is 32.7 Å². The minimum atomic E-state index is -0.157. The van der Waals surface area contributed by atoms with Gasteiger partial charge in [-0.1, -0.05) is 23.2 Å². The van der Waals surface area contributed by atoms with Crippen molar-refractivity contribution in [1.29, 1.82) is 0 Å². The van der Waals surface area contributed by atoms with E-state index in [1.807, 2.05) is 6.07 Å². The number of benzene rings is 2. The summed E-state index contributed by atoms with van der Waals surface area (Å²) in [4.78, 5) is 17.3. The molecule has 0 aliphatic heterocycles. The van der Waals surface area contributed by atoms with Crippen LogP contribution >= 0.6 is 34.5 Å². The van der Waals surface area contributed by atoms with Crippen LogP contribution in [0.3, 0.4) is 0 Å². The van der Waals surface area contributed by atoms with Gasteiger partial charge in [0, 0.05) is 27.5 Å². The molecule has 146 valence electrons. The molecule has 0 bridgehead atoms. The second-order valence-electron chi connectivity index (χ2n) is 5.87. The molecule has 0 aliphatic carbocycles. The first-order valence-electron chi connectivity index (χ1n) is 8.49. The summed E-state index contributed by atoms with van der Waals surface area (Å²) in [5.74, 6) is 1.28. The third-order valence-corrected chi connectivity index (χ3v) is 5.35. The molecular weight excluding hydrogens is 419 g/mol. The van der Waals surface area contributed by atoms with E-state index in [-0.39, 0.29) is 18.9 Å². The summed E-state index contributed by atoms with van der Waals surface area (Å²) in [7, 11) is 1.60. The van der Waals surface area contributed by atoms with Gasteiger partial charge < -0.3 is 14.8 Å². The predicted molar refractivity (Wildman–Crippen MR) is 113 cm³/mol. The number of nitrogens with zero attached hydrogens (tertiary/aromatic N) is 1. The van der Waals surface area contributed by atoms with Crippen LogP contribution < -0.4 is 14.8 Å². The Morgan fingerprint density at radius 3 is 2.64 bits per heavy atom. The number of amides is 1. The van der Waals surface area contributed by atoms with Crippen molar-refractivity contribution < 1.29 is 14.3 Å². The fourth-order valence-corrected chi connectivity index (χ4v) is 3.66. The van der Waals surface area contributed by atoms with Crippen LogP contribution in [0, 0.1) is 0 Å². The first-order chi connectivity index (χ1) is 13.5. The van der Waals surface area contributed by atoms with Crippen molar-refractivity contribution in [1.82, 2.24) is 4.98 Å². The average molecular weight is 437 g/mol. The number of hydrogen-bond acceptors (Lipinski definition) is 5. The highest BCUT2D eigenvalue weighted by atomic mass is 35.5. The molecule has 1 heterocycles. The topological polar surface area (TPSA) is 60.5 Å². The molecule has 1 amide bonds. The first kappa shape index (κ1) is 20.5. The van der Waals surface area contributed by atoms with Crippen LogP contribution in [0.4, 0.5) is 5.13 Å². The Morgan fingerprint density at radius 2 is 1.89 bits per heavy atom. The van der Waals surface area contributed by atoms with Crippen molar-refractivity contribution in [3.8, 4) is 11.5 Å². The minimum Gasteiger partial charge on any atom is -0.497 e. The Labute approximate surface area is 177 Å². The summed E-state index contributed by atoms with van der Waals surface area (Å²) >= 11 is 13.6. The van der Waals surface area contributed by atoms with Crippen LogP contribution in [0.25, 0.3) is 0 Å². The number of carbonyl (C=O) groups is 1. The molecule has 0 unspecified atom stereocenters. The van der Waals surface area contributed by atoms with Crippen molar-refractivity contribution in [2.24, 2.45) is 0 Å². The molecule has 3 aromatic rings. The van der Waals surface area contributed by atoms with Gasteiger partial charge in [-0.15, -0.1) is 11.3 Å². The molecule has 2 aromatic carbocycles. The zero-order valence-electron chi connectivity index (χ0n) is 15.1. The normalized spacial score (nSPS) is 10.5. The molecule has 5 nitrogen and oxygen atoms in total. The number of hydrogen-bond donors (Lipinski definition) is 1. The number of halogens is 2. The lowest BCUT2D eigenvalue weighted by Gasteiger charge is -2.06. The molecule has 8 heteroatoms. The molecule has 28 heavy (non-hydrogen) atoms. The summed E-state index contributed by atoms with van der Waals surface area (Å²) in [5.41, 5.74) is 0.920. The Balaban J connectivity index is 1.47. The van der Waals surface area contributed by atoms with Gasteiger partial charge in [0.15, 0.2) is 5.13 Å². The zero-order valence-corrected chi connectivity index (χ0v) is 17.4. The summed E-state index contributed by atoms with van der Waals surface area (Å²) in [6, 6.07) is 12.6. The standard InChI is InChI=1S/C20H18Cl2N2O3S/c1-26-15-3-5-16(6-4-15)27-9-8-19(25)24-20-23-12-17(28-20)11-13-10-14(21)2-7-18(13)22/h2-7,10,12H,8-9,11H2,1H3,(H,23,24,25). The van der Waals surface area contributed by atoms with E-state index in [1.165, 1.54) is 11.3 Å². The number of nitrogens with one attached hydrogen (secondary N) is 1. The van der Waals surface area contributed by atoms with Crippen LogP contribution in [0.15, 0.2) is 48.7 Å². The van der Waals surface area contributed by atoms with Gasteiger partial charge in [0.25, 0.3) is 0 Å². The lowest BCUT2D eigenvalue weighted by atomic mass is 10.1. The van der Waals surface area contributed by atoms with E-state index in [2.05, 4.69) is 10.3 Å². The fraction of sp³-hybridized carbons (Fsp3) is 0.200. The lowest BCUT2D eigenvalue weighted by molar-refractivity contribution is -0.116. The molecule has 0 spiro atoms. The fourth-order valence-electron chi connectivity index (χ4n) is 2.43. The maximum absolute atomic E-state index is 12.1. The highest BCUT2D eigenvalue weighted by molar-refractivity contribution is 7.15. The number of carbonyl (C=O) groups excluding carboxylic acids is 1. The van der Waals surface area contributed by atoms with Gasteiger partial charge in [-0.2, -0.15) is 0 Å². The second-order valence-corrected chi connectivity index (χ2v) is 7.83. The Bertz CT molecular complexity index is 945. The minimum absolute atomic E-state index is 0.157. The van der Waals surface area contributed by atoms with Crippen LogP contribution in [-0.4, -0.2) is 24.6 Å². The van der Waals surface area contributed by atoms with Gasteiger partial charge in [0.05, 0.1) is 20.1 Å². The smallest absolute Gasteiger partial charge is 0.229 e. The maximum atomic E-state index is 12.1. The second kappa shape index (κ2) is 9.78. The first-order valence-corrected chi connectivity index (χ1v) is 10.1. The van der Waals surface area contributed by atoms with E-state index < -0.39 is 0 Å². The zero-order chi connectivity index (χ0) is 19.9. The molecule has 0 aliphatic rings. The number of methoxy groups -OCH3 is 1. The molecule has 0 radical (unpaired) electrons. The molecule has 0 saturated carbocycles. The van der Waals surface area contributed by atoms with Crippen LogP contribution in [-0.2, 0) is 11.2 Å². The molecule has 1 N–H and O–H groups in total. The maximum Gasteiger partial charge on any atom is 0.229 e. The van der Waals surface area contributed by atoms with Crippen molar-refractivity contribution in [3.05, 3.63) is 69.1 Å². The molecule has 0 saturated heterocycles. The van der Waals surface area contributed by atoms with Gasteiger partial charge in [-0.3, -0.25) is 4.79 Å². The Kier molecular flexibility index (Phi) is 7.14. The lowest BCUT2D eigenvalue weighted by Crippen LogP contribution is -2.14. The van der Waals surface area contributed by atoms with Crippen LogP contribution in [0.5, 0.6) is 11.5 Å². The molecular formula is C20H18Cl2N2O3S. The average Bonchev–Trinajstić information content (AvgIpc) is 3.12. The van der Waals surface area contributed by atoms with Crippen molar-refractivity contribution in [2.75, 3.05) is 19.0 Å². The largest absolute Gasteiger partial charge is 0.497 e. The quantitative estimate of drug-likeness (QED) is 0.509. The van der Waals surface area contributed by atoms with E-state index in [0.717, 1.165) is 16.2 Å². The van der Waals surface area contributed by atoms with Crippen LogP contribution in [0.1, 0.15) is 16.9 Å². The van der Waals surface area contributed by atoms with Gasteiger partial charge in [-0.05, 0) is 48.0 Å². The van der Waals surface area contributed by atoms with Crippen LogP contribution in [0.2, 0.25) is 10.0 Å². The number of anilines is 1. The van der Waals surface area contributed by atoms with Crippen molar-refractivity contribution in [2.45, 2.75) is 12.8 Å². The van der Waals surface area contributed by atoms with Gasteiger partial charge in [-0.25, -0.2) is 4.98 Å². The number of rotatable bonds is 8. The van der Waals surface area contributed by atoms with E-state index in [9.17, 15) is 4.79 Å². The van der Waals surface area contributed by atoms with Gasteiger partial charge >= 0.3 is 0 Å². The summed E-state index contributed by atoms with van der Waals surface area (Å²) < 4.78 is 10.7. The SMILES string of the molecule is COc1ccc(OCCC(=O)Nc2ncc(Cc3cc(Cl)ccc3Cl)s2)cc1. The molecule has 1 aromatic heterocycles. The highest BCUT2D eigenvalue weighted by Crippen LogP contribution is 2.27. The monoisotopic (exact) mass is 436 g/mol. The highest BCUT2D eigenvalue weighted by Gasteiger charge is 2.10. The van der Waals surface area contributed by atoms with Gasteiger partial charge in [0.2, 0.25) is 5.91 Å². The van der Waals surface area contributed by atoms with Crippen molar-refractivity contribution >= 4 is 45.6 Å². The third-order valence-electron chi connectivity index (χ3n) is 3.83. The van der Waals surface area contributed by atoms with Gasteiger partial charge in [0.1, 0.15) is 11.5 Å². The number of aromatic nitrogens is 1. The predicted octanol–water partition coefficient (Wildman–Crippen LogP) is 5.46.